The Morgan fingerprint density at radius 1 is 1.22 bits per heavy atom. The molecule has 90 valence electrons. The zero-order chi connectivity index (χ0) is 13.0. The molecule has 0 amide bonds. The van der Waals surface area contributed by atoms with Gasteiger partial charge in [-0.15, -0.1) is 0 Å². The SMILES string of the molecule is Cc1nc(NCc2ccc(C#N)cc2)ccc1Br. The minimum Gasteiger partial charge on any atom is -0.366 e. The van der Waals surface area contributed by atoms with Crippen LogP contribution in [-0.4, -0.2) is 4.98 Å². The largest absolute Gasteiger partial charge is 0.366 e. The first-order valence-electron chi connectivity index (χ1n) is 5.55. The second kappa shape index (κ2) is 5.65. The Kier molecular flexibility index (Phi) is 3.96. The lowest BCUT2D eigenvalue weighted by atomic mass is 10.1. The lowest BCUT2D eigenvalue weighted by molar-refractivity contribution is 1.08. The molecule has 0 bridgehead atoms. The number of rotatable bonds is 3. The molecule has 0 aliphatic carbocycles. The molecular weight excluding hydrogens is 290 g/mol. The fourth-order valence-corrected chi connectivity index (χ4v) is 1.75. The number of hydrogen-bond donors (Lipinski definition) is 1. The first-order valence-corrected chi connectivity index (χ1v) is 6.34. The molecule has 18 heavy (non-hydrogen) atoms. The van der Waals surface area contributed by atoms with Crippen LogP contribution in [-0.2, 0) is 6.54 Å². The van der Waals surface area contributed by atoms with E-state index in [0.29, 0.717) is 12.1 Å². The molecule has 3 nitrogen and oxygen atoms in total. The normalized spacial score (nSPS) is 9.83. The van der Waals surface area contributed by atoms with E-state index in [4.69, 9.17) is 5.26 Å². The van der Waals surface area contributed by atoms with E-state index in [9.17, 15) is 0 Å². The molecule has 0 fully saturated rings. The number of halogens is 1. The summed E-state index contributed by atoms with van der Waals surface area (Å²) in [5.41, 5.74) is 2.76. The highest BCUT2D eigenvalue weighted by Crippen LogP contribution is 2.16. The smallest absolute Gasteiger partial charge is 0.126 e. The van der Waals surface area contributed by atoms with E-state index in [1.165, 1.54) is 0 Å². The highest BCUT2D eigenvalue weighted by molar-refractivity contribution is 9.10. The number of anilines is 1. The van der Waals surface area contributed by atoms with Gasteiger partial charge in [0, 0.05) is 11.0 Å². The molecule has 0 aliphatic heterocycles. The molecule has 0 unspecified atom stereocenters. The standard InChI is InChI=1S/C14H12BrN3/c1-10-13(15)6-7-14(18-10)17-9-12-4-2-11(8-16)3-5-12/h2-7H,9H2,1H3,(H,17,18). The van der Waals surface area contributed by atoms with Crippen LogP contribution < -0.4 is 5.32 Å². The topological polar surface area (TPSA) is 48.7 Å². The molecule has 2 rings (SSSR count). The van der Waals surface area contributed by atoms with Crippen LogP contribution in [0.5, 0.6) is 0 Å². The van der Waals surface area contributed by atoms with Gasteiger partial charge < -0.3 is 5.32 Å². The van der Waals surface area contributed by atoms with Crippen molar-refractivity contribution in [2.75, 3.05) is 5.32 Å². The molecule has 0 saturated carbocycles. The zero-order valence-electron chi connectivity index (χ0n) is 9.94. The van der Waals surface area contributed by atoms with Gasteiger partial charge in [0.15, 0.2) is 0 Å². The molecule has 0 spiro atoms. The average molecular weight is 302 g/mol. The van der Waals surface area contributed by atoms with Gasteiger partial charge in [-0.05, 0) is 52.7 Å². The van der Waals surface area contributed by atoms with E-state index < -0.39 is 0 Å². The predicted octanol–water partition coefficient (Wildman–Crippen LogP) is 3.64. The molecular formula is C14H12BrN3. The monoisotopic (exact) mass is 301 g/mol. The average Bonchev–Trinajstić information content (AvgIpc) is 2.41. The van der Waals surface area contributed by atoms with Crippen molar-refractivity contribution in [3.05, 3.63) is 57.7 Å². The van der Waals surface area contributed by atoms with Crippen LogP contribution in [0.3, 0.4) is 0 Å². The number of hydrogen-bond acceptors (Lipinski definition) is 3. The van der Waals surface area contributed by atoms with E-state index in [0.717, 1.165) is 21.5 Å². The third-order valence-corrected chi connectivity index (χ3v) is 3.42. The van der Waals surface area contributed by atoms with Crippen LogP contribution in [0.2, 0.25) is 0 Å². The number of nitrogens with zero attached hydrogens (tertiary/aromatic N) is 2. The number of aryl methyl sites for hydroxylation is 1. The van der Waals surface area contributed by atoms with Crippen molar-refractivity contribution in [2.45, 2.75) is 13.5 Å². The summed E-state index contributed by atoms with van der Waals surface area (Å²) >= 11 is 3.42. The summed E-state index contributed by atoms with van der Waals surface area (Å²) in [4.78, 5) is 4.41. The summed E-state index contributed by atoms with van der Waals surface area (Å²) < 4.78 is 1.01. The van der Waals surface area contributed by atoms with Crippen molar-refractivity contribution in [3.8, 4) is 6.07 Å². The van der Waals surface area contributed by atoms with E-state index >= 15 is 0 Å². The van der Waals surface area contributed by atoms with Crippen LogP contribution in [0.4, 0.5) is 5.82 Å². The van der Waals surface area contributed by atoms with Crippen LogP contribution >= 0.6 is 15.9 Å². The Balaban J connectivity index is 2.02. The van der Waals surface area contributed by atoms with E-state index in [2.05, 4.69) is 32.3 Å². The van der Waals surface area contributed by atoms with Crippen LogP contribution in [0, 0.1) is 18.3 Å². The van der Waals surface area contributed by atoms with Crippen LogP contribution in [0.1, 0.15) is 16.8 Å². The van der Waals surface area contributed by atoms with Crippen molar-refractivity contribution in [2.24, 2.45) is 0 Å². The minimum absolute atomic E-state index is 0.677. The third-order valence-electron chi connectivity index (χ3n) is 2.58. The fourth-order valence-electron chi connectivity index (χ4n) is 1.53. The number of aromatic nitrogens is 1. The molecule has 1 N–H and O–H groups in total. The van der Waals surface area contributed by atoms with Gasteiger partial charge in [-0.1, -0.05) is 12.1 Å². The van der Waals surface area contributed by atoms with Gasteiger partial charge in [0.05, 0.1) is 17.3 Å². The molecule has 2 aromatic rings. The number of nitrogens with one attached hydrogen (secondary N) is 1. The van der Waals surface area contributed by atoms with Crippen molar-refractivity contribution in [1.82, 2.24) is 4.98 Å². The Morgan fingerprint density at radius 3 is 2.56 bits per heavy atom. The molecule has 0 atom stereocenters. The first-order chi connectivity index (χ1) is 8.69. The van der Waals surface area contributed by atoms with Gasteiger partial charge in [0.2, 0.25) is 0 Å². The van der Waals surface area contributed by atoms with Gasteiger partial charge in [0.25, 0.3) is 0 Å². The fraction of sp³-hybridized carbons (Fsp3) is 0.143. The summed E-state index contributed by atoms with van der Waals surface area (Å²) in [5.74, 6) is 0.847. The summed E-state index contributed by atoms with van der Waals surface area (Å²) in [5, 5.41) is 12.0. The van der Waals surface area contributed by atoms with Crippen LogP contribution in [0.25, 0.3) is 0 Å². The Bertz CT molecular complexity index is 585. The van der Waals surface area contributed by atoms with Gasteiger partial charge in [0.1, 0.15) is 5.82 Å². The summed E-state index contributed by atoms with van der Waals surface area (Å²) in [6.07, 6.45) is 0. The second-order valence-electron chi connectivity index (χ2n) is 3.93. The van der Waals surface area contributed by atoms with E-state index in [-0.39, 0.29) is 0 Å². The maximum atomic E-state index is 8.71. The predicted molar refractivity (Wildman–Crippen MR) is 75.2 cm³/mol. The second-order valence-corrected chi connectivity index (χ2v) is 4.78. The third kappa shape index (κ3) is 3.08. The lowest BCUT2D eigenvalue weighted by Gasteiger charge is -2.07. The maximum Gasteiger partial charge on any atom is 0.126 e. The minimum atomic E-state index is 0.677. The van der Waals surface area contributed by atoms with Gasteiger partial charge in [-0.2, -0.15) is 5.26 Å². The maximum absolute atomic E-state index is 8.71. The van der Waals surface area contributed by atoms with Crippen molar-refractivity contribution < 1.29 is 0 Å². The lowest BCUT2D eigenvalue weighted by Crippen LogP contribution is -2.02. The van der Waals surface area contributed by atoms with Crippen LogP contribution in [0.15, 0.2) is 40.9 Å². The Hall–Kier alpha value is -1.86. The van der Waals surface area contributed by atoms with Crippen molar-refractivity contribution >= 4 is 21.7 Å². The van der Waals surface area contributed by atoms with Gasteiger partial charge >= 0.3 is 0 Å². The number of benzene rings is 1. The van der Waals surface area contributed by atoms with Gasteiger partial charge in [-0.3, -0.25) is 0 Å². The van der Waals surface area contributed by atoms with Crippen molar-refractivity contribution in [3.63, 3.8) is 0 Å². The zero-order valence-corrected chi connectivity index (χ0v) is 11.5. The highest BCUT2D eigenvalue weighted by Gasteiger charge is 1.99. The Morgan fingerprint density at radius 2 is 1.94 bits per heavy atom. The molecule has 1 heterocycles. The molecule has 0 saturated heterocycles. The highest BCUT2D eigenvalue weighted by atomic mass is 79.9. The number of pyridine rings is 1. The summed E-state index contributed by atoms with van der Waals surface area (Å²) in [6, 6.07) is 13.5. The quantitative estimate of drug-likeness (QED) is 0.941. The molecule has 0 aliphatic rings. The molecule has 4 heteroatoms. The van der Waals surface area contributed by atoms with E-state index in [1.807, 2.05) is 43.3 Å². The summed E-state index contributed by atoms with van der Waals surface area (Å²) in [7, 11) is 0. The molecule has 0 radical (unpaired) electrons. The number of nitriles is 1. The Labute approximate surface area is 115 Å². The first kappa shape index (κ1) is 12.6. The summed E-state index contributed by atoms with van der Waals surface area (Å²) in [6.45, 7) is 2.65. The van der Waals surface area contributed by atoms with Crippen molar-refractivity contribution in [1.29, 1.82) is 5.26 Å². The molecule has 1 aromatic heterocycles. The molecule has 1 aromatic carbocycles. The van der Waals surface area contributed by atoms with Gasteiger partial charge in [-0.25, -0.2) is 4.98 Å². The van der Waals surface area contributed by atoms with E-state index in [1.54, 1.807) is 0 Å².